The van der Waals surface area contributed by atoms with Crippen molar-refractivity contribution in [2.75, 3.05) is 0 Å². The average Bonchev–Trinajstić information content (AvgIpc) is 2.57. The third kappa shape index (κ3) is 3.22. The first-order valence-corrected chi connectivity index (χ1v) is 6.89. The summed E-state index contributed by atoms with van der Waals surface area (Å²) in [5.41, 5.74) is 6.33. The molecule has 2 rings (SSSR count). The molecule has 1 aliphatic carbocycles. The maximum atomic E-state index is 13.8. The summed E-state index contributed by atoms with van der Waals surface area (Å²) in [5, 5.41) is 0. The Morgan fingerprint density at radius 1 is 1.22 bits per heavy atom. The van der Waals surface area contributed by atoms with Crippen molar-refractivity contribution in [1.82, 2.24) is 0 Å². The minimum Gasteiger partial charge on any atom is -0.490 e. The minimum absolute atomic E-state index is 0.215. The predicted octanol–water partition coefficient (Wildman–Crippen LogP) is 3.95. The number of halogens is 1. The first-order valence-electron chi connectivity index (χ1n) is 6.89. The normalized spacial score (nSPS) is 19.3. The highest BCUT2D eigenvalue weighted by molar-refractivity contribution is 5.37. The fraction of sp³-hybridized carbons (Fsp3) is 0.600. The van der Waals surface area contributed by atoms with Gasteiger partial charge >= 0.3 is 0 Å². The van der Waals surface area contributed by atoms with Crippen LogP contribution in [0.5, 0.6) is 5.75 Å². The van der Waals surface area contributed by atoms with E-state index >= 15 is 0 Å². The van der Waals surface area contributed by atoms with Crippen molar-refractivity contribution in [2.45, 2.75) is 57.6 Å². The number of hydrogen-bond donors (Lipinski definition) is 1. The summed E-state index contributed by atoms with van der Waals surface area (Å²) in [5.74, 6) is 0.355. The van der Waals surface area contributed by atoms with Crippen LogP contribution in [-0.2, 0) is 0 Å². The van der Waals surface area contributed by atoms with Crippen LogP contribution in [0.3, 0.4) is 0 Å². The summed E-state index contributed by atoms with van der Waals surface area (Å²) in [7, 11) is 0. The van der Waals surface area contributed by atoms with E-state index in [1.54, 1.807) is 13.0 Å². The molecule has 0 radical (unpaired) electrons. The summed E-state index contributed by atoms with van der Waals surface area (Å²) >= 11 is 0. The van der Waals surface area contributed by atoms with E-state index < -0.39 is 0 Å². The van der Waals surface area contributed by atoms with Crippen LogP contribution >= 0.6 is 0 Å². The number of nitrogens with two attached hydrogens (primary N) is 1. The lowest BCUT2D eigenvalue weighted by atomic mass is 10.1. The highest BCUT2D eigenvalue weighted by Gasteiger charge is 2.18. The van der Waals surface area contributed by atoms with Gasteiger partial charge in [-0.3, -0.25) is 0 Å². The lowest BCUT2D eigenvalue weighted by molar-refractivity contribution is 0.180. The molecule has 1 aromatic carbocycles. The van der Waals surface area contributed by atoms with Gasteiger partial charge in [-0.05, 0) is 44.7 Å². The molecule has 3 heteroatoms. The average molecular weight is 251 g/mol. The summed E-state index contributed by atoms with van der Waals surface area (Å²) < 4.78 is 19.8. The molecule has 1 aromatic rings. The Morgan fingerprint density at radius 2 is 1.89 bits per heavy atom. The van der Waals surface area contributed by atoms with Gasteiger partial charge in [0.05, 0.1) is 6.10 Å². The van der Waals surface area contributed by atoms with Gasteiger partial charge < -0.3 is 10.5 Å². The molecule has 1 aliphatic rings. The topological polar surface area (TPSA) is 35.2 Å². The van der Waals surface area contributed by atoms with E-state index in [9.17, 15) is 4.39 Å². The van der Waals surface area contributed by atoms with Crippen LogP contribution in [0, 0.1) is 5.82 Å². The Labute approximate surface area is 108 Å². The molecule has 1 fully saturated rings. The Morgan fingerprint density at radius 3 is 2.50 bits per heavy atom. The Balaban J connectivity index is 2.14. The van der Waals surface area contributed by atoms with Gasteiger partial charge in [-0.25, -0.2) is 4.39 Å². The largest absolute Gasteiger partial charge is 0.490 e. The van der Waals surface area contributed by atoms with E-state index in [0.717, 1.165) is 12.8 Å². The van der Waals surface area contributed by atoms with Crippen LogP contribution in [0.4, 0.5) is 4.39 Å². The van der Waals surface area contributed by atoms with Crippen LogP contribution < -0.4 is 10.5 Å². The van der Waals surface area contributed by atoms with Gasteiger partial charge in [0, 0.05) is 11.6 Å². The van der Waals surface area contributed by atoms with E-state index in [-0.39, 0.29) is 18.0 Å². The SMILES string of the molecule is CC(N)c1c(F)cccc1OC1CCCCCC1. The van der Waals surface area contributed by atoms with E-state index in [0.29, 0.717) is 11.3 Å². The molecule has 0 amide bonds. The highest BCUT2D eigenvalue weighted by Crippen LogP contribution is 2.30. The molecular weight excluding hydrogens is 229 g/mol. The predicted molar refractivity (Wildman–Crippen MR) is 71.1 cm³/mol. The van der Waals surface area contributed by atoms with E-state index in [1.165, 1.54) is 31.7 Å². The maximum absolute atomic E-state index is 13.8. The number of ether oxygens (including phenoxy) is 1. The smallest absolute Gasteiger partial charge is 0.131 e. The third-order valence-electron chi connectivity index (χ3n) is 3.56. The molecule has 0 saturated heterocycles. The van der Waals surface area contributed by atoms with Crippen molar-refractivity contribution < 1.29 is 9.13 Å². The molecule has 0 aliphatic heterocycles. The van der Waals surface area contributed by atoms with Crippen molar-refractivity contribution in [2.24, 2.45) is 5.73 Å². The van der Waals surface area contributed by atoms with Crippen molar-refractivity contribution in [3.63, 3.8) is 0 Å². The standard InChI is InChI=1S/C15H22FNO/c1-11(17)15-13(16)9-6-10-14(15)18-12-7-4-2-3-5-8-12/h6,9-12H,2-5,7-8,17H2,1H3. The minimum atomic E-state index is -0.341. The molecule has 0 bridgehead atoms. The van der Waals surface area contributed by atoms with Crippen molar-refractivity contribution in [1.29, 1.82) is 0 Å². The zero-order valence-corrected chi connectivity index (χ0v) is 11.0. The van der Waals surface area contributed by atoms with Crippen LogP contribution in [0.15, 0.2) is 18.2 Å². The molecule has 0 spiro atoms. The van der Waals surface area contributed by atoms with Gasteiger partial charge in [0.2, 0.25) is 0 Å². The maximum Gasteiger partial charge on any atom is 0.131 e. The quantitative estimate of drug-likeness (QED) is 0.826. The molecule has 18 heavy (non-hydrogen) atoms. The van der Waals surface area contributed by atoms with Gasteiger partial charge in [-0.2, -0.15) is 0 Å². The fourth-order valence-corrected chi connectivity index (χ4v) is 2.60. The molecule has 1 atom stereocenters. The van der Waals surface area contributed by atoms with E-state index in [4.69, 9.17) is 10.5 Å². The van der Waals surface area contributed by atoms with Crippen molar-refractivity contribution in [3.05, 3.63) is 29.6 Å². The second-order valence-corrected chi connectivity index (χ2v) is 5.17. The van der Waals surface area contributed by atoms with Crippen LogP contribution in [-0.4, -0.2) is 6.10 Å². The van der Waals surface area contributed by atoms with Crippen LogP contribution in [0.2, 0.25) is 0 Å². The first kappa shape index (κ1) is 13.3. The van der Waals surface area contributed by atoms with Crippen molar-refractivity contribution >= 4 is 0 Å². The Hall–Kier alpha value is -1.09. The lowest BCUT2D eigenvalue weighted by Crippen LogP contribution is -2.18. The van der Waals surface area contributed by atoms with Gasteiger partial charge in [0.15, 0.2) is 0 Å². The molecule has 100 valence electrons. The number of hydrogen-bond acceptors (Lipinski definition) is 2. The third-order valence-corrected chi connectivity index (χ3v) is 3.56. The molecule has 1 saturated carbocycles. The summed E-state index contributed by atoms with van der Waals surface area (Å²) in [6.45, 7) is 1.79. The molecule has 2 nitrogen and oxygen atoms in total. The zero-order valence-electron chi connectivity index (χ0n) is 11.0. The molecule has 2 N–H and O–H groups in total. The van der Waals surface area contributed by atoms with Crippen molar-refractivity contribution in [3.8, 4) is 5.75 Å². The molecule has 1 unspecified atom stereocenters. The second-order valence-electron chi connectivity index (χ2n) is 5.17. The zero-order chi connectivity index (χ0) is 13.0. The molecular formula is C15H22FNO. The monoisotopic (exact) mass is 251 g/mol. The number of rotatable bonds is 3. The molecule has 0 aromatic heterocycles. The Bertz CT molecular complexity index is 384. The second kappa shape index (κ2) is 6.19. The van der Waals surface area contributed by atoms with Crippen LogP contribution in [0.25, 0.3) is 0 Å². The summed E-state index contributed by atoms with van der Waals surface area (Å²) in [4.78, 5) is 0. The molecule has 0 heterocycles. The van der Waals surface area contributed by atoms with E-state index in [1.807, 2.05) is 6.07 Å². The van der Waals surface area contributed by atoms with Gasteiger partial charge in [0.25, 0.3) is 0 Å². The summed E-state index contributed by atoms with van der Waals surface area (Å²) in [6, 6.07) is 4.62. The van der Waals surface area contributed by atoms with Crippen LogP contribution in [0.1, 0.15) is 57.1 Å². The van der Waals surface area contributed by atoms with Gasteiger partial charge in [0.1, 0.15) is 11.6 Å². The fourth-order valence-electron chi connectivity index (χ4n) is 2.60. The van der Waals surface area contributed by atoms with E-state index in [2.05, 4.69) is 0 Å². The number of benzene rings is 1. The lowest BCUT2D eigenvalue weighted by Gasteiger charge is -2.21. The first-order chi connectivity index (χ1) is 8.68. The summed E-state index contributed by atoms with van der Waals surface area (Å²) in [6.07, 6.45) is 7.31. The highest BCUT2D eigenvalue weighted by atomic mass is 19.1. The van der Waals surface area contributed by atoms with Gasteiger partial charge in [-0.15, -0.1) is 0 Å². The van der Waals surface area contributed by atoms with Gasteiger partial charge in [-0.1, -0.05) is 18.9 Å². The Kier molecular flexibility index (Phi) is 4.59.